The van der Waals surface area contributed by atoms with Gasteiger partial charge in [-0.3, -0.25) is 0 Å². The molecule has 4 aromatic rings. The van der Waals surface area contributed by atoms with Gasteiger partial charge in [0.1, 0.15) is 0 Å². The van der Waals surface area contributed by atoms with Crippen molar-refractivity contribution < 1.29 is 28.4 Å². The fraction of sp³-hybridized carbons (Fsp3) is 0.226. The minimum absolute atomic E-state index is 0.317. The molecule has 0 fully saturated rings. The van der Waals surface area contributed by atoms with Gasteiger partial charge in [0.15, 0.2) is 34.5 Å². The van der Waals surface area contributed by atoms with Gasteiger partial charge in [-0.05, 0) is 43.6 Å². The molecule has 4 aromatic carbocycles. The van der Waals surface area contributed by atoms with Crippen molar-refractivity contribution >= 4 is 44.1 Å². The third-order valence-corrected chi connectivity index (χ3v) is 12.6. The van der Waals surface area contributed by atoms with Crippen molar-refractivity contribution in [1.29, 1.82) is 0 Å². The molecule has 0 aliphatic heterocycles. The standard InChI is InChI=1S/C31H32O6Si3/c1-32-22-15-10-18-25(28(22)35-4)38-31(21-13-8-7-9-14-21,39-26-19-11-16-23(33-2)29(26)36-5)40-27-20-12-17-24(34-3)30(27)37-6/h7-20H,1-6H3. The Bertz CT molecular complexity index is 1270. The fourth-order valence-electron chi connectivity index (χ4n) is 4.56. The van der Waals surface area contributed by atoms with Gasteiger partial charge in [-0.15, -0.1) is 0 Å². The molecule has 0 aromatic heterocycles. The monoisotopic (exact) mass is 584 g/mol. The maximum Gasteiger partial charge on any atom is 0.160 e. The molecule has 0 bridgehead atoms. The van der Waals surface area contributed by atoms with Gasteiger partial charge in [-0.2, -0.15) is 0 Å². The Kier molecular flexibility index (Phi) is 9.97. The molecule has 0 N–H and O–H groups in total. The van der Waals surface area contributed by atoms with Gasteiger partial charge in [0.2, 0.25) is 0 Å². The Labute approximate surface area is 244 Å². The second-order valence-corrected chi connectivity index (χ2v) is 14.7. The summed E-state index contributed by atoms with van der Waals surface area (Å²) in [6.45, 7) is 0. The SMILES string of the molecule is COc1cccc([Si]C([Si]c2cccc(OC)c2OC)([Si]c2cccc(OC)c2OC)c2ccccc2)c1OC. The molecule has 6 radical (unpaired) electrons. The third-order valence-electron chi connectivity index (χ3n) is 6.38. The van der Waals surface area contributed by atoms with Crippen molar-refractivity contribution in [3.8, 4) is 34.5 Å². The van der Waals surface area contributed by atoms with Gasteiger partial charge in [-0.1, -0.05) is 66.7 Å². The molecule has 0 heterocycles. The van der Waals surface area contributed by atoms with E-state index in [4.69, 9.17) is 28.4 Å². The molecule has 0 aliphatic rings. The van der Waals surface area contributed by atoms with Gasteiger partial charge >= 0.3 is 0 Å². The number of ether oxygens (including phenoxy) is 6. The minimum atomic E-state index is -0.375. The number of hydrogen-bond donors (Lipinski definition) is 0. The summed E-state index contributed by atoms with van der Waals surface area (Å²) < 4.78 is 34.4. The largest absolute Gasteiger partial charge is 0.493 e. The van der Waals surface area contributed by atoms with Crippen molar-refractivity contribution in [1.82, 2.24) is 0 Å². The van der Waals surface area contributed by atoms with Crippen LogP contribution in [-0.4, -0.2) is 71.2 Å². The van der Waals surface area contributed by atoms with Crippen molar-refractivity contribution in [3.05, 3.63) is 90.5 Å². The highest BCUT2D eigenvalue weighted by Crippen LogP contribution is 2.32. The number of hydrogen-bond acceptors (Lipinski definition) is 6. The van der Waals surface area contributed by atoms with E-state index in [1.165, 1.54) is 5.56 Å². The second-order valence-electron chi connectivity index (χ2n) is 8.61. The lowest BCUT2D eigenvalue weighted by atomic mass is 10.2. The maximum absolute atomic E-state index is 5.91. The Hall–Kier alpha value is -3.67. The predicted octanol–water partition coefficient (Wildman–Crippen LogP) is 2.94. The molecule has 0 saturated heterocycles. The zero-order chi connectivity index (χ0) is 28.5. The lowest BCUT2D eigenvalue weighted by Crippen LogP contribution is -2.57. The van der Waals surface area contributed by atoms with Crippen LogP contribution in [0.3, 0.4) is 0 Å². The molecule has 0 aliphatic carbocycles. The lowest BCUT2D eigenvalue weighted by Gasteiger charge is -2.35. The molecule has 0 unspecified atom stereocenters. The van der Waals surface area contributed by atoms with Gasteiger partial charge < -0.3 is 28.4 Å². The Balaban J connectivity index is 1.99. The average Bonchev–Trinajstić information content (AvgIpc) is 3.00. The van der Waals surface area contributed by atoms with E-state index in [1.54, 1.807) is 42.7 Å². The van der Waals surface area contributed by atoms with Crippen molar-refractivity contribution in [3.63, 3.8) is 0 Å². The van der Waals surface area contributed by atoms with E-state index in [0.717, 1.165) is 32.8 Å². The summed E-state index contributed by atoms with van der Waals surface area (Å²) in [5, 5.41) is 3.23. The highest BCUT2D eigenvalue weighted by molar-refractivity contribution is 6.92. The molecule has 4 rings (SSSR count). The first-order valence-electron chi connectivity index (χ1n) is 12.6. The van der Waals surface area contributed by atoms with Crippen LogP contribution in [0.2, 0.25) is 0 Å². The second kappa shape index (κ2) is 13.6. The van der Waals surface area contributed by atoms with Gasteiger partial charge in [0, 0.05) is 0 Å². The summed E-state index contributed by atoms with van der Waals surface area (Å²) in [6, 6.07) is 28.9. The van der Waals surface area contributed by atoms with Crippen LogP contribution in [0.5, 0.6) is 34.5 Å². The highest BCUT2D eigenvalue weighted by atomic mass is 28.3. The van der Waals surface area contributed by atoms with Crippen molar-refractivity contribution in [2.75, 3.05) is 42.7 Å². The molecular weight excluding hydrogens is 553 g/mol. The van der Waals surface area contributed by atoms with Crippen LogP contribution >= 0.6 is 0 Å². The van der Waals surface area contributed by atoms with Crippen LogP contribution in [0.25, 0.3) is 0 Å². The molecule has 0 atom stereocenters. The van der Waals surface area contributed by atoms with Crippen LogP contribution < -0.4 is 44.0 Å². The Morgan fingerprint density at radius 1 is 0.400 bits per heavy atom. The molecule has 204 valence electrons. The topological polar surface area (TPSA) is 55.4 Å². The van der Waals surface area contributed by atoms with Crippen LogP contribution in [0.1, 0.15) is 5.56 Å². The normalized spacial score (nSPS) is 11.1. The minimum Gasteiger partial charge on any atom is -0.493 e. The summed E-state index contributed by atoms with van der Waals surface area (Å²) in [7, 11) is 11.0. The van der Waals surface area contributed by atoms with Gasteiger partial charge in [0.25, 0.3) is 0 Å². The zero-order valence-corrected chi connectivity index (χ0v) is 26.5. The molecule has 0 spiro atoms. The molecular formula is C31H32O6Si3. The van der Waals surface area contributed by atoms with E-state index >= 15 is 0 Å². The van der Waals surface area contributed by atoms with Crippen molar-refractivity contribution in [2.45, 2.75) is 4.28 Å². The van der Waals surface area contributed by atoms with Crippen LogP contribution in [0.15, 0.2) is 84.9 Å². The third kappa shape index (κ3) is 6.06. The van der Waals surface area contributed by atoms with Gasteiger partial charge in [0.05, 0.1) is 71.2 Å². The summed E-state index contributed by atoms with van der Waals surface area (Å²) >= 11 is 0. The van der Waals surface area contributed by atoms with Gasteiger partial charge in [-0.25, -0.2) is 0 Å². The number of rotatable bonds is 13. The van der Waals surface area contributed by atoms with E-state index in [2.05, 4.69) is 42.5 Å². The first-order valence-corrected chi connectivity index (χ1v) is 15.6. The van der Waals surface area contributed by atoms with Crippen LogP contribution in [0.4, 0.5) is 0 Å². The molecule has 6 nitrogen and oxygen atoms in total. The van der Waals surface area contributed by atoms with E-state index in [1.807, 2.05) is 42.5 Å². The lowest BCUT2D eigenvalue weighted by molar-refractivity contribution is 0.357. The van der Waals surface area contributed by atoms with Crippen LogP contribution in [-0.2, 0) is 4.28 Å². The number of para-hydroxylation sites is 3. The fourth-order valence-corrected chi connectivity index (χ4v) is 11.4. The molecule has 0 saturated carbocycles. The number of benzene rings is 4. The number of methoxy groups -OCH3 is 6. The summed E-state index contributed by atoms with van der Waals surface area (Å²) in [6.07, 6.45) is 0. The van der Waals surface area contributed by atoms with Crippen molar-refractivity contribution in [2.24, 2.45) is 0 Å². The predicted molar refractivity (Wildman–Crippen MR) is 163 cm³/mol. The summed E-state index contributed by atoms with van der Waals surface area (Å²) in [4.78, 5) is 0. The Morgan fingerprint density at radius 2 is 0.750 bits per heavy atom. The van der Waals surface area contributed by atoms with Crippen LogP contribution in [0, 0.1) is 0 Å². The maximum atomic E-state index is 5.91. The van der Waals surface area contributed by atoms with E-state index < -0.39 is 0 Å². The average molecular weight is 585 g/mol. The quantitative estimate of drug-likeness (QED) is 0.225. The van der Waals surface area contributed by atoms with E-state index in [9.17, 15) is 0 Å². The molecule has 0 amide bonds. The first kappa shape index (κ1) is 29.3. The highest BCUT2D eigenvalue weighted by Gasteiger charge is 2.39. The Morgan fingerprint density at radius 3 is 1.05 bits per heavy atom. The first-order chi connectivity index (χ1) is 19.5. The zero-order valence-electron chi connectivity index (χ0n) is 23.5. The molecule has 9 heteroatoms. The smallest absolute Gasteiger partial charge is 0.160 e. The van der Waals surface area contributed by atoms with E-state index in [-0.39, 0.29) is 4.28 Å². The molecule has 40 heavy (non-hydrogen) atoms. The summed E-state index contributed by atoms with van der Waals surface area (Å²) in [5.41, 5.74) is 1.21. The summed E-state index contributed by atoms with van der Waals surface area (Å²) in [5.74, 6) is 4.35. The van der Waals surface area contributed by atoms with E-state index in [0.29, 0.717) is 45.8 Å².